The molecule has 0 aliphatic rings. The van der Waals surface area contributed by atoms with Crippen molar-refractivity contribution in [1.82, 2.24) is 0 Å². The molecule has 0 bridgehead atoms. The molecule has 0 radical (unpaired) electrons. The van der Waals surface area contributed by atoms with Crippen LogP contribution in [-0.4, -0.2) is 25.7 Å². The zero-order valence-corrected chi connectivity index (χ0v) is 13.7. The third-order valence-electron chi connectivity index (χ3n) is 3.16. The van der Waals surface area contributed by atoms with Crippen LogP contribution in [-0.2, 0) is 16.0 Å². The van der Waals surface area contributed by atoms with Crippen LogP contribution in [0, 0.1) is 0 Å². The maximum absolute atomic E-state index is 11.7. The number of carbonyl (C=O) groups excluding carboxylic acids is 1. The van der Waals surface area contributed by atoms with Gasteiger partial charge in [-0.2, -0.15) is 0 Å². The Balaban J connectivity index is 0.00000400. The fourth-order valence-corrected chi connectivity index (χ4v) is 1.91. The lowest BCUT2D eigenvalue weighted by Crippen LogP contribution is -2.34. The van der Waals surface area contributed by atoms with Gasteiger partial charge in [0, 0.05) is 0 Å². The van der Waals surface area contributed by atoms with Crippen LogP contribution in [0.25, 0.3) is 0 Å². The summed E-state index contributed by atoms with van der Waals surface area (Å²) in [5, 5.41) is 0. The van der Waals surface area contributed by atoms with E-state index in [4.69, 9.17) is 15.2 Å². The number of methoxy groups -OCH3 is 1. The first-order valence-corrected chi connectivity index (χ1v) is 7.22. The van der Waals surface area contributed by atoms with E-state index < -0.39 is 6.04 Å². The van der Waals surface area contributed by atoms with E-state index in [0.29, 0.717) is 13.0 Å². The van der Waals surface area contributed by atoms with E-state index >= 15 is 0 Å². The third kappa shape index (κ3) is 7.93. The van der Waals surface area contributed by atoms with E-state index in [0.717, 1.165) is 24.2 Å². The summed E-state index contributed by atoms with van der Waals surface area (Å²) in [6.07, 6.45) is 4.84. The lowest BCUT2D eigenvalue weighted by Gasteiger charge is -2.12. The minimum absolute atomic E-state index is 0. The molecule has 2 N–H and O–H groups in total. The SMILES string of the molecule is CCCCCCOC(=O)C(N)Cc1ccc(OC)cc1.Cl. The van der Waals surface area contributed by atoms with Crippen LogP contribution in [0.1, 0.15) is 38.2 Å². The molecule has 120 valence electrons. The predicted octanol–water partition coefficient (Wildman–Crippen LogP) is 3.11. The largest absolute Gasteiger partial charge is 0.497 e. The van der Waals surface area contributed by atoms with Gasteiger partial charge in [-0.25, -0.2) is 0 Å². The molecule has 0 aliphatic carbocycles. The molecule has 0 saturated heterocycles. The van der Waals surface area contributed by atoms with Crippen molar-refractivity contribution in [2.45, 2.75) is 45.1 Å². The van der Waals surface area contributed by atoms with Gasteiger partial charge in [0.1, 0.15) is 11.8 Å². The number of esters is 1. The minimum atomic E-state index is -0.602. The summed E-state index contributed by atoms with van der Waals surface area (Å²) in [4.78, 5) is 11.7. The highest BCUT2D eigenvalue weighted by molar-refractivity contribution is 5.85. The fraction of sp³-hybridized carbons (Fsp3) is 0.562. The number of ether oxygens (including phenoxy) is 2. The third-order valence-corrected chi connectivity index (χ3v) is 3.16. The Kier molecular flexibility index (Phi) is 10.7. The van der Waals surface area contributed by atoms with Gasteiger partial charge < -0.3 is 15.2 Å². The lowest BCUT2D eigenvalue weighted by molar-refractivity contribution is -0.145. The van der Waals surface area contributed by atoms with Crippen LogP contribution in [0.5, 0.6) is 5.75 Å². The van der Waals surface area contributed by atoms with Crippen LogP contribution in [0.3, 0.4) is 0 Å². The van der Waals surface area contributed by atoms with Crippen molar-refractivity contribution in [3.63, 3.8) is 0 Å². The molecular formula is C16H26ClNO3. The van der Waals surface area contributed by atoms with Crippen LogP contribution in [0.15, 0.2) is 24.3 Å². The molecule has 0 amide bonds. The average Bonchev–Trinajstić information content (AvgIpc) is 2.47. The van der Waals surface area contributed by atoms with E-state index in [2.05, 4.69) is 6.92 Å². The standard InChI is InChI=1S/C16H25NO3.ClH/c1-3-4-5-6-11-20-16(18)15(17)12-13-7-9-14(19-2)10-8-13;/h7-10,15H,3-6,11-12,17H2,1-2H3;1H. The van der Waals surface area contributed by atoms with Gasteiger partial charge in [-0.15, -0.1) is 12.4 Å². The topological polar surface area (TPSA) is 61.5 Å². The Bertz CT molecular complexity index is 395. The molecule has 1 unspecified atom stereocenters. The zero-order chi connectivity index (χ0) is 14.8. The van der Waals surface area contributed by atoms with Gasteiger partial charge in [0.15, 0.2) is 0 Å². The van der Waals surface area contributed by atoms with Crippen molar-refractivity contribution in [2.75, 3.05) is 13.7 Å². The number of nitrogens with two attached hydrogens (primary N) is 1. The van der Waals surface area contributed by atoms with Crippen LogP contribution in [0.4, 0.5) is 0 Å². The fourth-order valence-electron chi connectivity index (χ4n) is 1.91. The molecule has 0 saturated carbocycles. The molecule has 0 spiro atoms. The summed E-state index contributed by atoms with van der Waals surface area (Å²) in [6.45, 7) is 2.62. The van der Waals surface area contributed by atoms with E-state index in [1.54, 1.807) is 7.11 Å². The molecule has 1 rings (SSSR count). The van der Waals surface area contributed by atoms with E-state index in [-0.39, 0.29) is 18.4 Å². The van der Waals surface area contributed by atoms with Crippen LogP contribution >= 0.6 is 12.4 Å². The van der Waals surface area contributed by atoms with Gasteiger partial charge >= 0.3 is 5.97 Å². The average molecular weight is 316 g/mol. The number of hydrogen-bond acceptors (Lipinski definition) is 4. The lowest BCUT2D eigenvalue weighted by atomic mass is 10.1. The summed E-state index contributed by atoms with van der Waals surface area (Å²) < 4.78 is 10.3. The first-order chi connectivity index (χ1) is 9.67. The molecule has 0 heterocycles. The molecule has 0 fully saturated rings. The number of halogens is 1. The predicted molar refractivity (Wildman–Crippen MR) is 87.0 cm³/mol. The maximum Gasteiger partial charge on any atom is 0.323 e. The van der Waals surface area contributed by atoms with Gasteiger partial charge in [-0.3, -0.25) is 4.79 Å². The second-order valence-corrected chi connectivity index (χ2v) is 4.89. The zero-order valence-electron chi connectivity index (χ0n) is 12.8. The van der Waals surface area contributed by atoms with Gasteiger partial charge in [0.2, 0.25) is 0 Å². The number of hydrogen-bond donors (Lipinski definition) is 1. The second kappa shape index (κ2) is 11.4. The summed E-state index contributed by atoms with van der Waals surface area (Å²) >= 11 is 0. The number of carbonyl (C=O) groups is 1. The summed E-state index contributed by atoms with van der Waals surface area (Å²) in [6, 6.07) is 6.94. The van der Waals surface area contributed by atoms with Crippen molar-refractivity contribution in [3.8, 4) is 5.75 Å². The maximum atomic E-state index is 11.7. The van der Waals surface area contributed by atoms with Crippen molar-refractivity contribution < 1.29 is 14.3 Å². The number of rotatable bonds is 9. The number of benzene rings is 1. The Morgan fingerprint density at radius 2 is 1.86 bits per heavy atom. The second-order valence-electron chi connectivity index (χ2n) is 4.89. The molecule has 0 aromatic heterocycles. The van der Waals surface area contributed by atoms with E-state index in [1.807, 2.05) is 24.3 Å². The Morgan fingerprint density at radius 3 is 2.43 bits per heavy atom. The smallest absolute Gasteiger partial charge is 0.323 e. The monoisotopic (exact) mass is 315 g/mol. The summed E-state index contributed by atoms with van der Waals surface area (Å²) in [7, 11) is 1.62. The van der Waals surface area contributed by atoms with Gasteiger partial charge in [-0.1, -0.05) is 38.3 Å². The highest BCUT2D eigenvalue weighted by Gasteiger charge is 2.15. The van der Waals surface area contributed by atoms with Crippen molar-refractivity contribution >= 4 is 18.4 Å². The van der Waals surface area contributed by atoms with Crippen molar-refractivity contribution in [3.05, 3.63) is 29.8 Å². The Morgan fingerprint density at radius 1 is 1.19 bits per heavy atom. The number of unbranched alkanes of at least 4 members (excludes halogenated alkanes) is 3. The molecular weight excluding hydrogens is 290 g/mol. The minimum Gasteiger partial charge on any atom is -0.497 e. The molecule has 1 aromatic rings. The van der Waals surface area contributed by atoms with E-state index in [9.17, 15) is 4.79 Å². The molecule has 21 heavy (non-hydrogen) atoms. The molecule has 5 heteroatoms. The van der Waals surface area contributed by atoms with Crippen molar-refractivity contribution in [1.29, 1.82) is 0 Å². The quantitative estimate of drug-likeness (QED) is 0.562. The molecule has 1 aromatic carbocycles. The Hall–Kier alpha value is -1.26. The highest BCUT2D eigenvalue weighted by Crippen LogP contribution is 2.12. The molecule has 0 aliphatic heterocycles. The van der Waals surface area contributed by atoms with Crippen LogP contribution in [0.2, 0.25) is 0 Å². The van der Waals surface area contributed by atoms with Gasteiger partial charge in [0.25, 0.3) is 0 Å². The van der Waals surface area contributed by atoms with E-state index in [1.165, 1.54) is 12.8 Å². The first-order valence-electron chi connectivity index (χ1n) is 7.22. The first kappa shape index (κ1) is 19.7. The van der Waals surface area contributed by atoms with Crippen LogP contribution < -0.4 is 10.5 Å². The Labute approximate surface area is 133 Å². The normalized spacial score (nSPS) is 11.4. The molecule has 1 atom stereocenters. The summed E-state index contributed by atoms with van der Waals surface area (Å²) in [5.74, 6) is 0.470. The van der Waals surface area contributed by atoms with Gasteiger partial charge in [-0.05, 0) is 30.5 Å². The highest BCUT2D eigenvalue weighted by atomic mass is 35.5. The summed E-state index contributed by atoms with van der Waals surface area (Å²) in [5.41, 5.74) is 6.86. The molecule has 4 nitrogen and oxygen atoms in total. The van der Waals surface area contributed by atoms with Crippen molar-refractivity contribution in [2.24, 2.45) is 5.73 Å². The van der Waals surface area contributed by atoms with Gasteiger partial charge in [0.05, 0.1) is 13.7 Å².